The molecule has 122 valence electrons. The fraction of sp³-hybridized carbons (Fsp3) is 0.312. The van der Waals surface area contributed by atoms with Gasteiger partial charge in [0.2, 0.25) is 0 Å². The predicted molar refractivity (Wildman–Crippen MR) is 89.2 cm³/mol. The molecule has 5 nitrogen and oxygen atoms in total. The fourth-order valence-corrected chi connectivity index (χ4v) is 2.70. The van der Waals surface area contributed by atoms with Gasteiger partial charge in [-0.3, -0.25) is 9.59 Å². The molecule has 0 bridgehead atoms. The van der Waals surface area contributed by atoms with E-state index in [1.54, 1.807) is 13.8 Å². The topological polar surface area (TPSA) is 60.7 Å². The van der Waals surface area contributed by atoms with Gasteiger partial charge in [0.25, 0.3) is 5.91 Å². The van der Waals surface area contributed by atoms with Crippen molar-refractivity contribution in [1.29, 1.82) is 0 Å². The maximum absolute atomic E-state index is 11.8. The number of aromatic nitrogens is 1. The molecule has 0 aliphatic carbocycles. The van der Waals surface area contributed by atoms with Crippen LogP contribution in [-0.2, 0) is 20.9 Å². The van der Waals surface area contributed by atoms with E-state index < -0.39 is 11.9 Å². The molecular weight excluding hydrogens is 336 g/mol. The largest absolute Gasteiger partial charge is 0.455 e. The third-order valence-electron chi connectivity index (χ3n) is 2.99. The molecule has 1 amide bonds. The summed E-state index contributed by atoms with van der Waals surface area (Å²) in [7, 11) is 0. The van der Waals surface area contributed by atoms with Crippen LogP contribution in [0, 0.1) is 5.92 Å². The molecule has 23 heavy (non-hydrogen) atoms. The van der Waals surface area contributed by atoms with Crippen LogP contribution in [0.25, 0.3) is 0 Å². The number of carbonyl (C=O) groups is 2. The number of hydrogen-bond donors (Lipinski definition) is 0. The Labute approximate surface area is 143 Å². The SMILES string of the molecule is CC(C)C(=O)OCC(=O)N=c1sccn1Cc1ccccc1Cl. The Morgan fingerprint density at radius 2 is 2.09 bits per heavy atom. The van der Waals surface area contributed by atoms with Gasteiger partial charge < -0.3 is 9.30 Å². The van der Waals surface area contributed by atoms with Gasteiger partial charge in [-0.15, -0.1) is 11.3 Å². The molecule has 1 aromatic heterocycles. The summed E-state index contributed by atoms with van der Waals surface area (Å²) in [4.78, 5) is 27.7. The standard InChI is InChI=1S/C16H17ClN2O3S/c1-11(2)15(21)22-10-14(20)18-16-19(7-8-23-16)9-12-5-3-4-6-13(12)17/h3-8,11H,9-10H2,1-2H3. The van der Waals surface area contributed by atoms with Crippen LogP contribution < -0.4 is 4.80 Å². The molecule has 1 aromatic carbocycles. The summed E-state index contributed by atoms with van der Waals surface area (Å²) in [6.45, 7) is 3.59. The summed E-state index contributed by atoms with van der Waals surface area (Å²) in [6, 6.07) is 7.50. The zero-order valence-electron chi connectivity index (χ0n) is 12.9. The number of halogens is 1. The highest BCUT2D eigenvalue weighted by atomic mass is 35.5. The lowest BCUT2D eigenvalue weighted by molar-refractivity contribution is -0.150. The number of nitrogens with zero attached hydrogens (tertiary/aromatic N) is 2. The lowest BCUT2D eigenvalue weighted by atomic mass is 10.2. The summed E-state index contributed by atoms with van der Waals surface area (Å²) in [5.74, 6) is -1.17. The van der Waals surface area contributed by atoms with Gasteiger partial charge >= 0.3 is 5.97 Å². The number of hydrogen-bond acceptors (Lipinski definition) is 4. The minimum atomic E-state index is -0.491. The quantitative estimate of drug-likeness (QED) is 0.777. The average Bonchev–Trinajstić information content (AvgIpc) is 2.94. The van der Waals surface area contributed by atoms with Gasteiger partial charge in [0.05, 0.1) is 12.5 Å². The van der Waals surface area contributed by atoms with Crippen LogP contribution in [0.5, 0.6) is 0 Å². The Kier molecular flexibility index (Phi) is 6.12. The highest BCUT2D eigenvalue weighted by Crippen LogP contribution is 2.15. The van der Waals surface area contributed by atoms with Crippen LogP contribution in [0.2, 0.25) is 5.02 Å². The molecule has 0 fully saturated rings. The predicted octanol–water partition coefficient (Wildman–Crippen LogP) is 2.88. The van der Waals surface area contributed by atoms with Gasteiger partial charge in [0.15, 0.2) is 11.4 Å². The van der Waals surface area contributed by atoms with Gasteiger partial charge in [0.1, 0.15) is 0 Å². The Bertz CT molecular complexity index is 764. The smallest absolute Gasteiger partial charge is 0.308 e. The number of carbonyl (C=O) groups excluding carboxylic acids is 2. The van der Waals surface area contributed by atoms with Crippen molar-refractivity contribution in [2.45, 2.75) is 20.4 Å². The van der Waals surface area contributed by atoms with Crippen molar-refractivity contribution in [2.24, 2.45) is 10.9 Å². The molecule has 0 aliphatic rings. The zero-order valence-corrected chi connectivity index (χ0v) is 14.4. The van der Waals surface area contributed by atoms with Gasteiger partial charge in [-0.05, 0) is 11.6 Å². The van der Waals surface area contributed by atoms with Crippen molar-refractivity contribution in [3.63, 3.8) is 0 Å². The van der Waals surface area contributed by atoms with E-state index in [0.29, 0.717) is 16.4 Å². The van der Waals surface area contributed by atoms with E-state index in [2.05, 4.69) is 4.99 Å². The number of thiazole rings is 1. The van der Waals surface area contributed by atoms with Crippen molar-refractivity contribution >= 4 is 34.8 Å². The Morgan fingerprint density at radius 3 is 2.78 bits per heavy atom. The molecular formula is C16H17ClN2O3S. The Balaban J connectivity index is 2.09. The highest BCUT2D eigenvalue weighted by Gasteiger charge is 2.11. The molecule has 0 atom stereocenters. The van der Waals surface area contributed by atoms with Crippen LogP contribution in [-0.4, -0.2) is 23.1 Å². The number of ether oxygens (including phenoxy) is 1. The minimum Gasteiger partial charge on any atom is -0.455 e. The van der Waals surface area contributed by atoms with E-state index in [1.165, 1.54) is 11.3 Å². The second-order valence-corrected chi connectivity index (χ2v) is 6.45. The number of benzene rings is 1. The normalized spacial score (nSPS) is 11.7. The number of amides is 1. The Hall–Kier alpha value is -1.92. The summed E-state index contributed by atoms with van der Waals surface area (Å²) in [6.07, 6.45) is 1.83. The van der Waals surface area contributed by atoms with E-state index in [0.717, 1.165) is 5.56 Å². The van der Waals surface area contributed by atoms with Gasteiger partial charge in [-0.1, -0.05) is 43.6 Å². The first-order valence-corrected chi connectivity index (χ1v) is 8.34. The molecule has 2 rings (SSSR count). The first-order chi connectivity index (χ1) is 11.0. The fourth-order valence-electron chi connectivity index (χ4n) is 1.76. The molecule has 0 saturated carbocycles. The second kappa shape index (κ2) is 8.08. The van der Waals surface area contributed by atoms with E-state index >= 15 is 0 Å². The monoisotopic (exact) mass is 352 g/mol. The van der Waals surface area contributed by atoms with Crippen LogP contribution >= 0.6 is 22.9 Å². The zero-order chi connectivity index (χ0) is 16.8. The molecule has 7 heteroatoms. The summed E-state index contributed by atoms with van der Waals surface area (Å²) in [5.41, 5.74) is 0.938. The molecule has 0 unspecified atom stereocenters. The van der Waals surface area contributed by atoms with Crippen LogP contribution in [0.15, 0.2) is 40.8 Å². The van der Waals surface area contributed by atoms with Crippen LogP contribution in [0.4, 0.5) is 0 Å². The Morgan fingerprint density at radius 1 is 1.35 bits per heavy atom. The van der Waals surface area contributed by atoms with E-state index in [4.69, 9.17) is 16.3 Å². The molecule has 0 N–H and O–H groups in total. The van der Waals surface area contributed by atoms with Crippen molar-refractivity contribution in [3.05, 3.63) is 51.2 Å². The lowest BCUT2D eigenvalue weighted by Crippen LogP contribution is -2.21. The van der Waals surface area contributed by atoms with Gasteiger partial charge in [-0.2, -0.15) is 4.99 Å². The van der Waals surface area contributed by atoms with Crippen molar-refractivity contribution < 1.29 is 14.3 Å². The van der Waals surface area contributed by atoms with Crippen molar-refractivity contribution in [2.75, 3.05) is 6.61 Å². The van der Waals surface area contributed by atoms with E-state index in [-0.39, 0.29) is 12.5 Å². The van der Waals surface area contributed by atoms with E-state index in [9.17, 15) is 9.59 Å². The number of esters is 1. The maximum atomic E-state index is 11.8. The number of rotatable bonds is 5. The third kappa shape index (κ3) is 5.04. The van der Waals surface area contributed by atoms with Crippen LogP contribution in [0.1, 0.15) is 19.4 Å². The van der Waals surface area contributed by atoms with Gasteiger partial charge in [0, 0.05) is 16.6 Å². The maximum Gasteiger partial charge on any atom is 0.308 e. The first-order valence-electron chi connectivity index (χ1n) is 7.09. The summed E-state index contributed by atoms with van der Waals surface area (Å²) in [5, 5.41) is 2.50. The van der Waals surface area contributed by atoms with E-state index in [1.807, 2.05) is 40.4 Å². The molecule has 0 spiro atoms. The molecule has 1 heterocycles. The van der Waals surface area contributed by atoms with Crippen molar-refractivity contribution in [3.8, 4) is 0 Å². The third-order valence-corrected chi connectivity index (χ3v) is 4.15. The highest BCUT2D eigenvalue weighted by molar-refractivity contribution is 7.07. The lowest BCUT2D eigenvalue weighted by Gasteiger charge is -2.06. The summed E-state index contributed by atoms with van der Waals surface area (Å²) >= 11 is 7.48. The molecule has 0 aliphatic heterocycles. The van der Waals surface area contributed by atoms with Gasteiger partial charge in [-0.25, -0.2) is 0 Å². The summed E-state index contributed by atoms with van der Waals surface area (Å²) < 4.78 is 6.71. The minimum absolute atomic E-state index is 0.269. The average molecular weight is 353 g/mol. The molecule has 2 aromatic rings. The second-order valence-electron chi connectivity index (χ2n) is 5.17. The van der Waals surface area contributed by atoms with Crippen LogP contribution in [0.3, 0.4) is 0 Å². The molecule has 0 saturated heterocycles. The molecule has 0 radical (unpaired) electrons. The van der Waals surface area contributed by atoms with Crippen molar-refractivity contribution in [1.82, 2.24) is 4.57 Å². The first kappa shape index (κ1) is 17.4.